The summed E-state index contributed by atoms with van der Waals surface area (Å²) in [5, 5.41) is 5.08. The minimum absolute atomic E-state index is 0.187. The monoisotopic (exact) mass is 292 g/mol. The fraction of sp³-hybridized carbons (Fsp3) is 0.824. The van der Waals surface area contributed by atoms with Crippen LogP contribution < -0.4 is 5.32 Å². The SMILES string of the molecule is CC1CCC(c2nc(C3CC3)c(CNC(C)(C)C)s2)C1. The van der Waals surface area contributed by atoms with Crippen LogP contribution in [0.5, 0.6) is 0 Å². The lowest BCUT2D eigenvalue weighted by Crippen LogP contribution is -2.35. The Labute approximate surface area is 127 Å². The molecule has 1 N–H and O–H groups in total. The molecular formula is C17H28N2S. The Bertz CT molecular complexity index is 468. The van der Waals surface area contributed by atoms with Crippen molar-refractivity contribution in [3.63, 3.8) is 0 Å². The molecular weight excluding hydrogens is 264 g/mol. The van der Waals surface area contributed by atoms with Gasteiger partial charge in [-0.1, -0.05) is 13.3 Å². The number of nitrogens with one attached hydrogen (secondary N) is 1. The third-order valence-electron chi connectivity index (χ3n) is 4.53. The van der Waals surface area contributed by atoms with Gasteiger partial charge in [0.15, 0.2) is 0 Å². The zero-order chi connectivity index (χ0) is 14.3. The quantitative estimate of drug-likeness (QED) is 0.861. The second-order valence-electron chi connectivity index (χ2n) is 7.85. The number of thiazole rings is 1. The first kappa shape index (κ1) is 14.5. The minimum Gasteiger partial charge on any atom is -0.307 e. The van der Waals surface area contributed by atoms with Crippen molar-refractivity contribution in [1.82, 2.24) is 10.3 Å². The summed E-state index contributed by atoms with van der Waals surface area (Å²) in [6, 6.07) is 0. The average Bonchev–Trinajstić information content (AvgIpc) is 2.96. The Morgan fingerprint density at radius 2 is 1.85 bits per heavy atom. The smallest absolute Gasteiger partial charge is 0.0962 e. The van der Waals surface area contributed by atoms with Gasteiger partial charge in [0.05, 0.1) is 10.7 Å². The third-order valence-corrected chi connectivity index (χ3v) is 5.77. The fourth-order valence-corrected chi connectivity index (χ4v) is 4.37. The van der Waals surface area contributed by atoms with Crippen molar-refractivity contribution >= 4 is 11.3 Å². The first-order valence-electron chi connectivity index (χ1n) is 8.17. The van der Waals surface area contributed by atoms with E-state index in [0.29, 0.717) is 0 Å². The molecule has 1 aromatic rings. The van der Waals surface area contributed by atoms with Gasteiger partial charge in [0.2, 0.25) is 0 Å². The van der Waals surface area contributed by atoms with Gasteiger partial charge in [-0.15, -0.1) is 11.3 Å². The summed E-state index contributed by atoms with van der Waals surface area (Å²) in [6.07, 6.45) is 6.80. The Morgan fingerprint density at radius 1 is 1.15 bits per heavy atom. The van der Waals surface area contributed by atoms with Gasteiger partial charge in [0.1, 0.15) is 0 Å². The Balaban J connectivity index is 1.76. The lowest BCUT2D eigenvalue weighted by molar-refractivity contribution is 0.425. The van der Waals surface area contributed by atoms with Gasteiger partial charge in [-0.05, 0) is 52.4 Å². The lowest BCUT2D eigenvalue weighted by Gasteiger charge is -2.20. The molecule has 2 aliphatic rings. The van der Waals surface area contributed by atoms with Gasteiger partial charge in [0, 0.05) is 28.8 Å². The standard InChI is InChI=1S/C17H28N2S/c1-11-5-6-13(9-11)16-19-15(12-7-8-12)14(20-16)10-18-17(2,3)4/h11-13,18H,5-10H2,1-4H3. The van der Waals surface area contributed by atoms with Crippen LogP contribution in [0.25, 0.3) is 0 Å². The molecule has 0 saturated heterocycles. The van der Waals surface area contributed by atoms with Gasteiger partial charge >= 0.3 is 0 Å². The van der Waals surface area contributed by atoms with Crippen molar-refractivity contribution < 1.29 is 0 Å². The van der Waals surface area contributed by atoms with Crippen molar-refractivity contribution in [2.75, 3.05) is 0 Å². The van der Waals surface area contributed by atoms with Crippen molar-refractivity contribution in [3.8, 4) is 0 Å². The summed E-state index contributed by atoms with van der Waals surface area (Å²) >= 11 is 1.99. The fourth-order valence-electron chi connectivity index (χ4n) is 3.14. The van der Waals surface area contributed by atoms with Crippen LogP contribution in [0.15, 0.2) is 0 Å². The van der Waals surface area contributed by atoms with E-state index in [2.05, 4.69) is 33.0 Å². The lowest BCUT2D eigenvalue weighted by atomic mass is 10.1. The van der Waals surface area contributed by atoms with Gasteiger partial charge in [0.25, 0.3) is 0 Å². The highest BCUT2D eigenvalue weighted by atomic mass is 32.1. The molecule has 2 fully saturated rings. The maximum atomic E-state index is 5.07. The zero-order valence-corrected chi connectivity index (χ0v) is 14.1. The molecule has 2 aliphatic carbocycles. The molecule has 0 aliphatic heterocycles. The average molecular weight is 292 g/mol. The normalized spacial score (nSPS) is 27.2. The zero-order valence-electron chi connectivity index (χ0n) is 13.3. The maximum absolute atomic E-state index is 5.07. The van der Waals surface area contributed by atoms with E-state index < -0.39 is 0 Å². The first-order chi connectivity index (χ1) is 9.42. The van der Waals surface area contributed by atoms with E-state index in [0.717, 1.165) is 24.3 Å². The molecule has 0 amide bonds. The molecule has 2 atom stereocenters. The molecule has 1 aromatic heterocycles. The van der Waals surface area contributed by atoms with Crippen LogP contribution in [0.1, 0.15) is 87.2 Å². The minimum atomic E-state index is 0.187. The highest BCUT2D eigenvalue weighted by Crippen LogP contribution is 2.46. The third kappa shape index (κ3) is 3.43. The van der Waals surface area contributed by atoms with Crippen LogP contribution in [0.3, 0.4) is 0 Å². The van der Waals surface area contributed by atoms with E-state index in [1.54, 1.807) is 0 Å². The number of rotatable bonds is 4. The molecule has 0 radical (unpaired) electrons. The van der Waals surface area contributed by atoms with E-state index in [1.165, 1.54) is 47.7 Å². The van der Waals surface area contributed by atoms with Gasteiger partial charge in [-0.2, -0.15) is 0 Å². The predicted molar refractivity (Wildman–Crippen MR) is 86.4 cm³/mol. The second-order valence-corrected chi connectivity index (χ2v) is 8.97. The van der Waals surface area contributed by atoms with E-state index in [-0.39, 0.29) is 5.54 Å². The number of nitrogens with zero attached hydrogens (tertiary/aromatic N) is 1. The molecule has 2 nitrogen and oxygen atoms in total. The van der Waals surface area contributed by atoms with Crippen LogP contribution in [0.4, 0.5) is 0 Å². The van der Waals surface area contributed by atoms with Gasteiger partial charge < -0.3 is 5.32 Å². The second kappa shape index (κ2) is 5.42. The highest BCUT2D eigenvalue weighted by molar-refractivity contribution is 7.11. The first-order valence-corrected chi connectivity index (χ1v) is 8.98. The van der Waals surface area contributed by atoms with Crippen LogP contribution in [0.2, 0.25) is 0 Å². The van der Waals surface area contributed by atoms with Crippen LogP contribution >= 0.6 is 11.3 Å². The predicted octanol–water partition coefficient (Wildman–Crippen LogP) is 4.81. The topological polar surface area (TPSA) is 24.9 Å². The van der Waals surface area contributed by atoms with Crippen molar-refractivity contribution in [2.45, 2.75) is 83.7 Å². The van der Waals surface area contributed by atoms with E-state index >= 15 is 0 Å². The van der Waals surface area contributed by atoms with Crippen molar-refractivity contribution in [2.24, 2.45) is 5.92 Å². The van der Waals surface area contributed by atoms with Crippen LogP contribution in [-0.4, -0.2) is 10.5 Å². The Hall–Kier alpha value is -0.410. The summed E-state index contributed by atoms with van der Waals surface area (Å²) in [5.74, 6) is 2.41. The Kier molecular flexibility index (Phi) is 3.93. The van der Waals surface area contributed by atoms with Crippen LogP contribution in [-0.2, 0) is 6.54 Å². The molecule has 3 rings (SSSR count). The van der Waals surface area contributed by atoms with Crippen molar-refractivity contribution in [1.29, 1.82) is 0 Å². The molecule has 0 aromatic carbocycles. The molecule has 1 heterocycles. The van der Waals surface area contributed by atoms with Crippen molar-refractivity contribution in [3.05, 3.63) is 15.6 Å². The number of aromatic nitrogens is 1. The summed E-state index contributed by atoms with van der Waals surface area (Å²) in [4.78, 5) is 6.58. The molecule has 3 heteroatoms. The maximum Gasteiger partial charge on any atom is 0.0962 e. The summed E-state index contributed by atoms with van der Waals surface area (Å²) in [6.45, 7) is 10.1. The summed E-state index contributed by atoms with van der Waals surface area (Å²) < 4.78 is 0. The molecule has 20 heavy (non-hydrogen) atoms. The molecule has 112 valence electrons. The molecule has 2 unspecified atom stereocenters. The van der Waals surface area contributed by atoms with E-state index in [1.807, 2.05) is 11.3 Å². The van der Waals surface area contributed by atoms with E-state index in [4.69, 9.17) is 4.98 Å². The van der Waals surface area contributed by atoms with E-state index in [9.17, 15) is 0 Å². The van der Waals surface area contributed by atoms with Gasteiger partial charge in [-0.25, -0.2) is 4.98 Å². The summed E-state index contributed by atoms with van der Waals surface area (Å²) in [5.41, 5.74) is 1.62. The molecule has 2 saturated carbocycles. The Morgan fingerprint density at radius 3 is 2.40 bits per heavy atom. The molecule has 0 bridgehead atoms. The number of hydrogen-bond donors (Lipinski definition) is 1. The van der Waals surface area contributed by atoms with Crippen LogP contribution in [0, 0.1) is 5.92 Å². The largest absolute Gasteiger partial charge is 0.307 e. The molecule has 0 spiro atoms. The highest BCUT2D eigenvalue weighted by Gasteiger charge is 2.32. The van der Waals surface area contributed by atoms with Gasteiger partial charge in [-0.3, -0.25) is 0 Å². The summed E-state index contributed by atoms with van der Waals surface area (Å²) in [7, 11) is 0. The number of hydrogen-bond acceptors (Lipinski definition) is 3.